The lowest BCUT2D eigenvalue weighted by molar-refractivity contribution is -0.131. The molecule has 1 unspecified atom stereocenters. The number of aryl methyl sites for hydroxylation is 1. The normalized spacial score (nSPS) is 12.2. The maximum atomic E-state index is 13.2. The van der Waals surface area contributed by atoms with Gasteiger partial charge in [0.2, 0.25) is 5.75 Å². The fraction of sp³-hybridized carbons (Fsp3) is 0.273. The fourth-order valence-electron chi connectivity index (χ4n) is 3.07. The zero-order chi connectivity index (χ0) is 21.6. The van der Waals surface area contributed by atoms with Crippen molar-refractivity contribution in [1.82, 2.24) is 0 Å². The Morgan fingerprint density at radius 2 is 1.55 bits per heavy atom. The zero-order valence-electron chi connectivity index (χ0n) is 17.0. The third-order valence-electron chi connectivity index (χ3n) is 4.44. The Labute approximate surface area is 169 Å². The van der Waals surface area contributed by atoms with Gasteiger partial charge in [0.15, 0.2) is 17.3 Å². The highest BCUT2D eigenvalue weighted by Gasteiger charge is 2.28. The van der Waals surface area contributed by atoms with Crippen molar-refractivity contribution >= 4 is 11.8 Å². The lowest BCUT2D eigenvalue weighted by Crippen LogP contribution is -2.17. The quantitative estimate of drug-likeness (QED) is 0.508. The van der Waals surface area contributed by atoms with Crippen molar-refractivity contribution in [2.45, 2.75) is 13.0 Å². The van der Waals surface area contributed by atoms with Gasteiger partial charge in [-0.15, -0.1) is 0 Å². The summed E-state index contributed by atoms with van der Waals surface area (Å²) in [5.41, 5.74) is 1.59. The molecule has 0 bridgehead atoms. The van der Waals surface area contributed by atoms with Gasteiger partial charge in [-0.3, -0.25) is 4.79 Å². The third kappa shape index (κ3) is 4.75. The van der Waals surface area contributed by atoms with Gasteiger partial charge in [0.05, 0.1) is 21.3 Å². The molecular formula is C22H24O7. The smallest absolute Gasteiger partial charge is 0.328 e. The van der Waals surface area contributed by atoms with E-state index in [-0.39, 0.29) is 5.57 Å². The van der Waals surface area contributed by atoms with Gasteiger partial charge in [-0.1, -0.05) is 24.3 Å². The first kappa shape index (κ1) is 22.0. The molecule has 2 aromatic rings. The molecule has 0 heterocycles. The fourth-order valence-corrected chi connectivity index (χ4v) is 3.07. The maximum absolute atomic E-state index is 13.2. The van der Waals surface area contributed by atoms with Gasteiger partial charge in [-0.05, 0) is 30.2 Å². The van der Waals surface area contributed by atoms with Crippen LogP contribution in [0.25, 0.3) is 0 Å². The number of methoxy groups -OCH3 is 4. The molecule has 0 fully saturated rings. The summed E-state index contributed by atoms with van der Waals surface area (Å²) in [7, 11) is 5.81. The number of carboxylic acids is 1. The van der Waals surface area contributed by atoms with E-state index in [0.717, 1.165) is 11.6 Å². The predicted octanol–water partition coefficient (Wildman–Crippen LogP) is 3.60. The third-order valence-corrected chi connectivity index (χ3v) is 4.44. The molecule has 2 aromatic carbocycles. The molecule has 0 spiro atoms. The Morgan fingerprint density at radius 3 is 2.00 bits per heavy atom. The minimum atomic E-state index is -1.25. The van der Waals surface area contributed by atoms with Crippen LogP contribution < -0.4 is 14.2 Å². The van der Waals surface area contributed by atoms with Gasteiger partial charge < -0.3 is 24.1 Å². The van der Waals surface area contributed by atoms with Crippen LogP contribution in [-0.2, 0) is 9.53 Å². The van der Waals surface area contributed by atoms with Gasteiger partial charge in [-0.2, -0.15) is 0 Å². The van der Waals surface area contributed by atoms with E-state index >= 15 is 0 Å². The highest BCUT2D eigenvalue weighted by atomic mass is 16.5. The molecule has 0 amide bonds. The molecule has 154 valence electrons. The SMILES string of the molecule is COc1cc(C(OC)/C(=C/C(=O)O)C(=O)c2ccccc2C)cc(OC)c1OC. The van der Waals surface area contributed by atoms with E-state index in [9.17, 15) is 14.7 Å². The molecule has 1 N–H and O–H groups in total. The highest BCUT2D eigenvalue weighted by molar-refractivity contribution is 6.12. The Hall–Kier alpha value is -3.32. The minimum absolute atomic E-state index is 0.0245. The van der Waals surface area contributed by atoms with Crippen molar-refractivity contribution in [3.8, 4) is 17.2 Å². The number of carbonyl (C=O) groups is 2. The number of rotatable bonds is 9. The lowest BCUT2D eigenvalue weighted by atomic mass is 9.91. The van der Waals surface area contributed by atoms with Crippen molar-refractivity contribution in [3.63, 3.8) is 0 Å². The molecule has 7 heteroatoms. The van der Waals surface area contributed by atoms with Crippen LogP contribution in [0.15, 0.2) is 48.0 Å². The Morgan fingerprint density at radius 1 is 0.966 bits per heavy atom. The van der Waals surface area contributed by atoms with Crippen molar-refractivity contribution < 1.29 is 33.6 Å². The molecule has 29 heavy (non-hydrogen) atoms. The number of benzene rings is 2. The Balaban J connectivity index is 2.65. The molecule has 0 aliphatic heterocycles. The van der Waals surface area contributed by atoms with Crippen LogP contribution in [0.4, 0.5) is 0 Å². The van der Waals surface area contributed by atoms with Crippen LogP contribution in [0.2, 0.25) is 0 Å². The van der Waals surface area contributed by atoms with E-state index in [1.807, 2.05) is 0 Å². The highest BCUT2D eigenvalue weighted by Crippen LogP contribution is 2.42. The number of carboxylic acid groups (broad SMARTS) is 1. The topological polar surface area (TPSA) is 91.3 Å². The minimum Gasteiger partial charge on any atom is -0.493 e. The predicted molar refractivity (Wildman–Crippen MR) is 107 cm³/mol. The van der Waals surface area contributed by atoms with E-state index in [1.54, 1.807) is 43.3 Å². The number of carbonyl (C=O) groups excluding carboxylic acids is 1. The standard InChI is InChI=1S/C22H24O7/c1-13-8-6-7-9-15(13)20(25)16(12-19(23)24)21(28-4)14-10-17(26-2)22(29-5)18(11-14)27-3/h6-12,21H,1-5H3,(H,23,24)/b16-12+. The van der Waals surface area contributed by atoms with E-state index < -0.39 is 17.9 Å². The maximum Gasteiger partial charge on any atom is 0.328 e. The van der Waals surface area contributed by atoms with E-state index in [2.05, 4.69) is 0 Å². The van der Waals surface area contributed by atoms with Crippen LogP contribution >= 0.6 is 0 Å². The molecule has 2 rings (SSSR count). The summed E-state index contributed by atoms with van der Waals surface area (Å²) in [4.78, 5) is 24.7. The van der Waals surface area contributed by atoms with Crippen LogP contribution in [0.1, 0.15) is 27.6 Å². The summed E-state index contributed by atoms with van der Waals surface area (Å²) in [5.74, 6) is -0.589. The number of hydrogen-bond acceptors (Lipinski definition) is 6. The molecule has 0 aliphatic rings. The summed E-state index contributed by atoms with van der Waals surface area (Å²) in [6.45, 7) is 1.78. The molecule has 1 atom stereocenters. The summed E-state index contributed by atoms with van der Waals surface area (Å²) in [5, 5.41) is 9.37. The summed E-state index contributed by atoms with van der Waals surface area (Å²) >= 11 is 0. The van der Waals surface area contributed by atoms with E-state index in [4.69, 9.17) is 18.9 Å². The van der Waals surface area contributed by atoms with Gasteiger partial charge >= 0.3 is 5.97 Å². The molecule has 0 radical (unpaired) electrons. The molecule has 0 aromatic heterocycles. The second-order valence-electron chi connectivity index (χ2n) is 6.16. The lowest BCUT2D eigenvalue weighted by Gasteiger charge is -2.22. The summed E-state index contributed by atoms with van der Waals surface area (Å²) < 4.78 is 21.6. The zero-order valence-corrected chi connectivity index (χ0v) is 17.0. The van der Waals surface area contributed by atoms with E-state index in [0.29, 0.717) is 28.4 Å². The van der Waals surface area contributed by atoms with Gasteiger partial charge in [-0.25, -0.2) is 4.79 Å². The summed E-state index contributed by atoms with van der Waals surface area (Å²) in [6.07, 6.45) is -0.0986. The monoisotopic (exact) mass is 400 g/mol. The number of ether oxygens (including phenoxy) is 4. The largest absolute Gasteiger partial charge is 0.493 e. The van der Waals surface area contributed by atoms with Crippen molar-refractivity contribution in [3.05, 3.63) is 64.7 Å². The molecule has 0 saturated carbocycles. The first-order valence-corrected chi connectivity index (χ1v) is 8.75. The summed E-state index contributed by atoms with van der Waals surface area (Å²) in [6, 6.07) is 10.2. The van der Waals surface area contributed by atoms with Gasteiger partial charge in [0.25, 0.3) is 0 Å². The number of hydrogen-bond donors (Lipinski definition) is 1. The van der Waals surface area contributed by atoms with Crippen LogP contribution in [0.5, 0.6) is 17.2 Å². The molecule has 0 saturated heterocycles. The number of aliphatic carboxylic acids is 1. The van der Waals surface area contributed by atoms with Gasteiger partial charge in [0, 0.05) is 24.3 Å². The van der Waals surface area contributed by atoms with Crippen LogP contribution in [0.3, 0.4) is 0 Å². The van der Waals surface area contributed by atoms with Crippen molar-refractivity contribution in [2.75, 3.05) is 28.4 Å². The second kappa shape index (κ2) is 9.75. The van der Waals surface area contributed by atoms with Gasteiger partial charge in [0.1, 0.15) is 6.10 Å². The first-order chi connectivity index (χ1) is 13.9. The number of ketones is 1. The Kier molecular flexibility index (Phi) is 7.39. The Bertz CT molecular complexity index is 906. The number of Topliss-reactive ketones (excluding diaryl/α,β-unsaturated/α-hetero) is 1. The molecular weight excluding hydrogens is 376 g/mol. The molecule has 7 nitrogen and oxygen atoms in total. The average molecular weight is 400 g/mol. The van der Waals surface area contributed by atoms with Crippen LogP contribution in [-0.4, -0.2) is 45.3 Å². The second-order valence-corrected chi connectivity index (χ2v) is 6.16. The first-order valence-electron chi connectivity index (χ1n) is 8.75. The van der Waals surface area contributed by atoms with Crippen molar-refractivity contribution in [2.24, 2.45) is 0 Å². The van der Waals surface area contributed by atoms with Crippen LogP contribution in [0, 0.1) is 6.92 Å². The van der Waals surface area contributed by atoms with E-state index in [1.165, 1.54) is 28.4 Å². The average Bonchev–Trinajstić information content (AvgIpc) is 2.72. The van der Waals surface area contributed by atoms with Crippen molar-refractivity contribution in [1.29, 1.82) is 0 Å². The molecule has 0 aliphatic carbocycles.